The number of nitrogens with one attached hydrogen (secondary N) is 2. The molecule has 0 radical (unpaired) electrons. The molecule has 1 amide bonds. The summed E-state index contributed by atoms with van der Waals surface area (Å²) in [6.45, 7) is 2.85. The molecule has 0 spiro atoms. The number of hydrogen-bond acceptors (Lipinski definition) is 2. The lowest BCUT2D eigenvalue weighted by molar-refractivity contribution is -0.123. The molecule has 5 heteroatoms. The molecule has 1 aromatic rings. The molecule has 1 fully saturated rings. The van der Waals surface area contributed by atoms with Gasteiger partial charge >= 0.3 is 0 Å². The molecule has 1 aliphatic rings. The Morgan fingerprint density at radius 1 is 1.40 bits per heavy atom. The van der Waals surface area contributed by atoms with Crippen LogP contribution < -0.4 is 10.6 Å². The summed E-state index contributed by atoms with van der Waals surface area (Å²) in [6, 6.07) is 5.43. The van der Waals surface area contributed by atoms with Crippen LogP contribution in [0.5, 0.6) is 0 Å². The van der Waals surface area contributed by atoms with Gasteiger partial charge in [-0.1, -0.05) is 36.2 Å². The highest BCUT2D eigenvalue weighted by Crippen LogP contribution is 2.28. The molecule has 1 saturated heterocycles. The van der Waals surface area contributed by atoms with E-state index in [-0.39, 0.29) is 18.0 Å². The van der Waals surface area contributed by atoms with Gasteiger partial charge in [0, 0.05) is 22.6 Å². The monoisotopic (exact) mass is 314 g/mol. The SMILES string of the molecule is CCC(NC1CCCCNC1=O)c1ccc(Cl)cc1Cl. The molecule has 0 saturated carbocycles. The highest BCUT2D eigenvalue weighted by Gasteiger charge is 2.24. The summed E-state index contributed by atoms with van der Waals surface area (Å²) in [6.07, 6.45) is 3.84. The van der Waals surface area contributed by atoms with Crippen LogP contribution in [0.25, 0.3) is 0 Å². The van der Waals surface area contributed by atoms with Gasteiger partial charge in [0.25, 0.3) is 0 Å². The summed E-state index contributed by atoms with van der Waals surface area (Å²) >= 11 is 12.2. The molecule has 3 nitrogen and oxygen atoms in total. The molecule has 2 N–H and O–H groups in total. The van der Waals surface area contributed by atoms with E-state index in [1.807, 2.05) is 12.1 Å². The van der Waals surface area contributed by atoms with E-state index in [2.05, 4.69) is 17.6 Å². The van der Waals surface area contributed by atoms with E-state index in [9.17, 15) is 4.79 Å². The van der Waals surface area contributed by atoms with Gasteiger partial charge in [0.15, 0.2) is 0 Å². The maximum atomic E-state index is 12.0. The summed E-state index contributed by atoms with van der Waals surface area (Å²) in [7, 11) is 0. The normalized spacial score (nSPS) is 21.1. The minimum Gasteiger partial charge on any atom is -0.355 e. The zero-order valence-electron chi connectivity index (χ0n) is 11.6. The van der Waals surface area contributed by atoms with Crippen molar-refractivity contribution in [1.29, 1.82) is 0 Å². The molecule has 0 bridgehead atoms. The number of carbonyl (C=O) groups excluding carboxylic acids is 1. The van der Waals surface area contributed by atoms with Crippen molar-refractivity contribution in [2.75, 3.05) is 6.54 Å². The molecular weight excluding hydrogens is 295 g/mol. The van der Waals surface area contributed by atoms with E-state index in [0.717, 1.165) is 37.8 Å². The van der Waals surface area contributed by atoms with Crippen LogP contribution in [0.3, 0.4) is 0 Å². The molecule has 110 valence electrons. The number of hydrogen-bond donors (Lipinski definition) is 2. The highest BCUT2D eigenvalue weighted by molar-refractivity contribution is 6.35. The second-order valence-corrected chi connectivity index (χ2v) is 5.98. The molecule has 1 heterocycles. The molecule has 0 aromatic heterocycles. The van der Waals surface area contributed by atoms with Gasteiger partial charge in [-0.3, -0.25) is 10.1 Å². The average molecular weight is 315 g/mol. The molecule has 2 atom stereocenters. The fourth-order valence-electron chi connectivity index (χ4n) is 2.55. The predicted molar refractivity (Wildman–Crippen MR) is 83.3 cm³/mol. The van der Waals surface area contributed by atoms with Crippen LogP contribution in [-0.2, 0) is 4.79 Å². The summed E-state index contributed by atoms with van der Waals surface area (Å²) < 4.78 is 0. The minimum absolute atomic E-state index is 0.0635. The van der Waals surface area contributed by atoms with Crippen LogP contribution >= 0.6 is 23.2 Å². The van der Waals surface area contributed by atoms with Crippen molar-refractivity contribution in [2.24, 2.45) is 0 Å². The molecule has 2 rings (SSSR count). The van der Waals surface area contributed by atoms with Crippen molar-refractivity contribution in [3.63, 3.8) is 0 Å². The Labute approximate surface area is 130 Å². The van der Waals surface area contributed by atoms with E-state index < -0.39 is 0 Å². The van der Waals surface area contributed by atoms with Gasteiger partial charge in [0.2, 0.25) is 5.91 Å². The molecule has 2 unspecified atom stereocenters. The zero-order chi connectivity index (χ0) is 14.5. The number of carbonyl (C=O) groups is 1. The largest absolute Gasteiger partial charge is 0.355 e. The third-order valence-corrected chi connectivity index (χ3v) is 4.25. The van der Waals surface area contributed by atoms with Gasteiger partial charge in [-0.15, -0.1) is 0 Å². The summed E-state index contributed by atoms with van der Waals surface area (Å²) in [5.41, 5.74) is 0.996. The lowest BCUT2D eigenvalue weighted by Crippen LogP contribution is -2.44. The topological polar surface area (TPSA) is 41.1 Å². The number of rotatable bonds is 4. The third kappa shape index (κ3) is 3.87. The first-order valence-electron chi connectivity index (χ1n) is 7.10. The maximum Gasteiger partial charge on any atom is 0.237 e. The second kappa shape index (κ2) is 7.30. The van der Waals surface area contributed by atoms with Gasteiger partial charge in [-0.05, 0) is 43.4 Å². The predicted octanol–water partition coefficient (Wildman–Crippen LogP) is 3.70. The Hall–Kier alpha value is -0.770. The number of halogens is 2. The van der Waals surface area contributed by atoms with Crippen molar-refractivity contribution >= 4 is 29.1 Å². The van der Waals surface area contributed by atoms with E-state index in [0.29, 0.717) is 10.0 Å². The van der Waals surface area contributed by atoms with Crippen LogP contribution in [0, 0.1) is 0 Å². The Balaban J connectivity index is 2.13. The van der Waals surface area contributed by atoms with Crippen molar-refractivity contribution in [2.45, 2.75) is 44.7 Å². The van der Waals surface area contributed by atoms with Gasteiger partial charge in [-0.2, -0.15) is 0 Å². The van der Waals surface area contributed by atoms with Crippen LogP contribution in [0.1, 0.15) is 44.2 Å². The maximum absolute atomic E-state index is 12.0. The van der Waals surface area contributed by atoms with Crippen LogP contribution in [-0.4, -0.2) is 18.5 Å². The number of benzene rings is 1. The Morgan fingerprint density at radius 2 is 2.20 bits per heavy atom. The smallest absolute Gasteiger partial charge is 0.237 e. The van der Waals surface area contributed by atoms with E-state index in [1.54, 1.807) is 6.07 Å². The molecule has 1 aromatic carbocycles. The first-order chi connectivity index (χ1) is 9.61. The fourth-order valence-corrected chi connectivity index (χ4v) is 3.09. The lowest BCUT2D eigenvalue weighted by atomic mass is 10.0. The highest BCUT2D eigenvalue weighted by atomic mass is 35.5. The van der Waals surface area contributed by atoms with E-state index in [4.69, 9.17) is 23.2 Å². The van der Waals surface area contributed by atoms with E-state index in [1.165, 1.54) is 0 Å². The Bertz CT molecular complexity index is 479. The zero-order valence-corrected chi connectivity index (χ0v) is 13.1. The van der Waals surface area contributed by atoms with Gasteiger partial charge in [0.05, 0.1) is 6.04 Å². The lowest BCUT2D eigenvalue weighted by Gasteiger charge is -2.24. The molecule has 0 aliphatic carbocycles. The quantitative estimate of drug-likeness (QED) is 0.889. The second-order valence-electron chi connectivity index (χ2n) is 5.13. The fraction of sp³-hybridized carbons (Fsp3) is 0.533. The Morgan fingerprint density at radius 3 is 2.90 bits per heavy atom. The summed E-state index contributed by atoms with van der Waals surface area (Å²) in [4.78, 5) is 12.0. The van der Waals surface area contributed by atoms with Crippen molar-refractivity contribution in [3.05, 3.63) is 33.8 Å². The summed E-state index contributed by atoms with van der Waals surface area (Å²) in [5, 5.41) is 7.65. The van der Waals surface area contributed by atoms with Crippen LogP contribution in [0.15, 0.2) is 18.2 Å². The van der Waals surface area contributed by atoms with Gasteiger partial charge < -0.3 is 5.32 Å². The van der Waals surface area contributed by atoms with E-state index >= 15 is 0 Å². The van der Waals surface area contributed by atoms with Crippen molar-refractivity contribution in [1.82, 2.24) is 10.6 Å². The minimum atomic E-state index is -0.144. The Kier molecular flexibility index (Phi) is 5.70. The van der Waals surface area contributed by atoms with Gasteiger partial charge in [-0.25, -0.2) is 0 Å². The van der Waals surface area contributed by atoms with Crippen molar-refractivity contribution < 1.29 is 4.79 Å². The first-order valence-corrected chi connectivity index (χ1v) is 7.86. The third-order valence-electron chi connectivity index (χ3n) is 3.68. The van der Waals surface area contributed by atoms with Gasteiger partial charge in [0.1, 0.15) is 0 Å². The molecular formula is C15H20Cl2N2O. The number of amides is 1. The average Bonchev–Trinajstić information content (AvgIpc) is 2.62. The standard InChI is InChI=1S/C15H20Cl2N2O/c1-2-13(11-7-6-10(16)9-12(11)17)19-14-5-3-4-8-18-15(14)20/h6-7,9,13-14,19H,2-5,8H2,1H3,(H,18,20). The molecule has 1 aliphatic heterocycles. The molecule has 20 heavy (non-hydrogen) atoms. The van der Waals surface area contributed by atoms with Crippen LogP contribution in [0.4, 0.5) is 0 Å². The summed E-state index contributed by atoms with van der Waals surface area (Å²) in [5.74, 6) is 0.0889. The first kappa shape index (κ1) is 15.6. The van der Waals surface area contributed by atoms with Crippen LogP contribution in [0.2, 0.25) is 10.0 Å². The van der Waals surface area contributed by atoms with Crippen molar-refractivity contribution in [3.8, 4) is 0 Å².